The molecule has 0 N–H and O–H groups in total. The first-order valence-corrected chi connectivity index (χ1v) is 7.63. The number of ether oxygens (including phenoxy) is 2. The Labute approximate surface area is 129 Å². The molecule has 1 aromatic rings. The second kappa shape index (κ2) is 7.46. The van der Waals surface area contributed by atoms with Crippen LogP contribution in [-0.2, 0) is 14.3 Å². The van der Waals surface area contributed by atoms with E-state index in [9.17, 15) is 9.59 Å². The molecule has 1 saturated carbocycles. The molecule has 0 aliphatic heterocycles. The van der Waals surface area contributed by atoms with Gasteiger partial charge in [-0.05, 0) is 44.0 Å². The third kappa shape index (κ3) is 4.21. The largest absolute Gasteiger partial charge is 0.466 e. The number of hydrogen-bond donors (Lipinski definition) is 0. The molecule has 2 atom stereocenters. The lowest BCUT2D eigenvalue weighted by molar-refractivity contribution is -0.158. The topological polar surface area (TPSA) is 52.6 Å². The van der Waals surface area contributed by atoms with Gasteiger partial charge in [0, 0.05) is 5.02 Å². The Morgan fingerprint density at radius 2 is 1.67 bits per heavy atom. The summed E-state index contributed by atoms with van der Waals surface area (Å²) in [6.07, 6.45) is 3.21. The van der Waals surface area contributed by atoms with E-state index >= 15 is 0 Å². The maximum absolute atomic E-state index is 12.3. The number of rotatable bonds is 4. The molecule has 0 spiro atoms. The Bertz CT molecular complexity index is 498. The molecule has 0 radical (unpaired) electrons. The van der Waals surface area contributed by atoms with Crippen molar-refractivity contribution in [2.45, 2.75) is 32.6 Å². The van der Waals surface area contributed by atoms with Crippen molar-refractivity contribution in [3.8, 4) is 5.75 Å². The number of esters is 2. The van der Waals surface area contributed by atoms with E-state index in [0.717, 1.165) is 12.8 Å². The maximum Gasteiger partial charge on any atom is 0.315 e. The summed E-state index contributed by atoms with van der Waals surface area (Å²) in [6.45, 7) is 2.09. The van der Waals surface area contributed by atoms with E-state index in [1.54, 1.807) is 31.2 Å². The lowest BCUT2D eigenvalue weighted by Crippen LogP contribution is -2.36. The first-order chi connectivity index (χ1) is 10.1. The first-order valence-electron chi connectivity index (χ1n) is 7.25. The fourth-order valence-electron chi connectivity index (χ4n) is 2.64. The van der Waals surface area contributed by atoms with Crippen LogP contribution in [0.15, 0.2) is 24.3 Å². The molecule has 1 aliphatic rings. The zero-order valence-corrected chi connectivity index (χ0v) is 12.8. The number of halogens is 1. The summed E-state index contributed by atoms with van der Waals surface area (Å²) in [4.78, 5) is 24.3. The number of carbonyl (C=O) groups excluding carboxylic acids is 2. The second-order valence-corrected chi connectivity index (χ2v) is 5.56. The molecular formula is C16H19ClO4. The summed E-state index contributed by atoms with van der Waals surface area (Å²) in [5.41, 5.74) is 0. The standard InChI is InChI=1S/C16H19ClO4/c1-2-20-15(18)13-5-3-4-6-14(13)16(19)21-12-9-7-11(17)8-10-12/h7-10,13-14H,2-6H2,1H3. The molecule has 114 valence electrons. The minimum Gasteiger partial charge on any atom is -0.466 e. The zero-order chi connectivity index (χ0) is 15.2. The average molecular weight is 311 g/mol. The number of hydrogen-bond acceptors (Lipinski definition) is 4. The molecule has 0 heterocycles. The third-order valence-corrected chi connectivity index (χ3v) is 3.94. The highest BCUT2D eigenvalue weighted by Crippen LogP contribution is 2.32. The molecule has 5 heteroatoms. The van der Waals surface area contributed by atoms with Crippen LogP contribution in [-0.4, -0.2) is 18.5 Å². The van der Waals surface area contributed by atoms with Crippen molar-refractivity contribution in [1.82, 2.24) is 0 Å². The molecule has 2 rings (SSSR count). The van der Waals surface area contributed by atoms with E-state index in [4.69, 9.17) is 21.1 Å². The Morgan fingerprint density at radius 1 is 1.10 bits per heavy atom. The van der Waals surface area contributed by atoms with E-state index in [1.165, 1.54) is 0 Å². The minimum absolute atomic E-state index is 0.296. The van der Waals surface area contributed by atoms with Crippen molar-refractivity contribution in [3.63, 3.8) is 0 Å². The van der Waals surface area contributed by atoms with Crippen LogP contribution in [0.3, 0.4) is 0 Å². The Balaban J connectivity index is 2.04. The predicted octanol–water partition coefficient (Wildman–Crippen LogP) is 3.61. The molecule has 2 unspecified atom stereocenters. The van der Waals surface area contributed by atoms with Crippen LogP contribution < -0.4 is 4.74 Å². The molecule has 0 saturated heterocycles. The Morgan fingerprint density at radius 3 is 2.24 bits per heavy atom. The first kappa shape index (κ1) is 15.8. The van der Waals surface area contributed by atoms with Gasteiger partial charge in [0.05, 0.1) is 18.4 Å². The average Bonchev–Trinajstić information content (AvgIpc) is 2.50. The van der Waals surface area contributed by atoms with Crippen LogP contribution in [0.25, 0.3) is 0 Å². The minimum atomic E-state index is -0.423. The van der Waals surface area contributed by atoms with Gasteiger partial charge in [-0.25, -0.2) is 0 Å². The molecule has 1 aromatic carbocycles. The Kier molecular flexibility index (Phi) is 5.62. The van der Waals surface area contributed by atoms with Gasteiger partial charge in [-0.15, -0.1) is 0 Å². The van der Waals surface area contributed by atoms with Gasteiger partial charge in [0.2, 0.25) is 0 Å². The normalized spacial score (nSPS) is 21.6. The molecule has 0 aromatic heterocycles. The van der Waals surface area contributed by atoms with Gasteiger partial charge in [-0.1, -0.05) is 24.4 Å². The van der Waals surface area contributed by atoms with Crippen molar-refractivity contribution in [3.05, 3.63) is 29.3 Å². The van der Waals surface area contributed by atoms with Gasteiger partial charge < -0.3 is 9.47 Å². The second-order valence-electron chi connectivity index (χ2n) is 5.12. The molecule has 1 aliphatic carbocycles. The molecule has 21 heavy (non-hydrogen) atoms. The van der Waals surface area contributed by atoms with E-state index in [2.05, 4.69) is 0 Å². The number of carbonyl (C=O) groups is 2. The molecule has 0 amide bonds. The maximum atomic E-state index is 12.3. The summed E-state index contributed by atoms with van der Waals surface area (Å²) in [7, 11) is 0. The fraction of sp³-hybridized carbons (Fsp3) is 0.500. The summed E-state index contributed by atoms with van der Waals surface area (Å²) in [6, 6.07) is 6.60. The van der Waals surface area contributed by atoms with Crippen molar-refractivity contribution in [2.75, 3.05) is 6.61 Å². The molecule has 0 bridgehead atoms. The van der Waals surface area contributed by atoms with Crippen molar-refractivity contribution in [1.29, 1.82) is 0 Å². The van der Waals surface area contributed by atoms with Crippen molar-refractivity contribution >= 4 is 23.5 Å². The molecule has 4 nitrogen and oxygen atoms in total. The van der Waals surface area contributed by atoms with Gasteiger partial charge in [0.25, 0.3) is 0 Å². The van der Waals surface area contributed by atoms with Crippen molar-refractivity contribution in [2.24, 2.45) is 11.8 Å². The van der Waals surface area contributed by atoms with Gasteiger partial charge in [0.1, 0.15) is 5.75 Å². The predicted molar refractivity (Wildman–Crippen MR) is 79.2 cm³/mol. The lowest BCUT2D eigenvalue weighted by atomic mass is 9.79. The third-order valence-electron chi connectivity index (χ3n) is 3.69. The van der Waals surface area contributed by atoms with Gasteiger partial charge in [-0.3, -0.25) is 9.59 Å². The van der Waals surface area contributed by atoms with E-state index < -0.39 is 11.8 Å². The van der Waals surface area contributed by atoms with Crippen LogP contribution in [0.2, 0.25) is 5.02 Å². The van der Waals surface area contributed by atoms with Crippen LogP contribution in [0.1, 0.15) is 32.6 Å². The summed E-state index contributed by atoms with van der Waals surface area (Å²) in [5, 5.41) is 0.580. The SMILES string of the molecule is CCOC(=O)C1CCCCC1C(=O)Oc1ccc(Cl)cc1. The number of benzene rings is 1. The van der Waals surface area contributed by atoms with Gasteiger partial charge >= 0.3 is 11.9 Å². The monoisotopic (exact) mass is 310 g/mol. The highest BCUT2D eigenvalue weighted by Gasteiger charge is 2.37. The van der Waals surface area contributed by atoms with Crippen LogP contribution in [0, 0.1) is 11.8 Å². The smallest absolute Gasteiger partial charge is 0.315 e. The van der Waals surface area contributed by atoms with Crippen molar-refractivity contribution < 1.29 is 19.1 Å². The lowest BCUT2D eigenvalue weighted by Gasteiger charge is -2.28. The Hall–Kier alpha value is -1.55. The van der Waals surface area contributed by atoms with Gasteiger partial charge in [-0.2, -0.15) is 0 Å². The van der Waals surface area contributed by atoms with E-state index in [0.29, 0.717) is 30.2 Å². The molecular weight excluding hydrogens is 292 g/mol. The van der Waals surface area contributed by atoms with Crippen LogP contribution >= 0.6 is 11.6 Å². The fourth-order valence-corrected chi connectivity index (χ4v) is 2.76. The van der Waals surface area contributed by atoms with E-state index in [-0.39, 0.29) is 11.9 Å². The van der Waals surface area contributed by atoms with Crippen LogP contribution in [0.5, 0.6) is 5.75 Å². The van der Waals surface area contributed by atoms with Gasteiger partial charge in [0.15, 0.2) is 0 Å². The summed E-state index contributed by atoms with van der Waals surface area (Å²) < 4.78 is 10.4. The zero-order valence-electron chi connectivity index (χ0n) is 12.0. The summed E-state index contributed by atoms with van der Waals surface area (Å²) >= 11 is 5.79. The summed E-state index contributed by atoms with van der Waals surface area (Å²) in [5.74, 6) is -1.03. The molecule has 1 fully saturated rings. The quantitative estimate of drug-likeness (QED) is 0.629. The van der Waals surface area contributed by atoms with E-state index in [1.807, 2.05) is 0 Å². The highest BCUT2D eigenvalue weighted by atomic mass is 35.5. The highest BCUT2D eigenvalue weighted by molar-refractivity contribution is 6.30. The van der Waals surface area contributed by atoms with Crippen LogP contribution in [0.4, 0.5) is 0 Å².